The van der Waals surface area contributed by atoms with E-state index < -0.39 is 0 Å². The largest absolute Gasteiger partial charge is 0.335 e. The molecule has 22 heavy (non-hydrogen) atoms. The third-order valence-electron chi connectivity index (χ3n) is 3.44. The molecule has 0 saturated heterocycles. The maximum atomic E-state index is 12.1. The molecular formula is C17H15ClN2OS. The first-order valence-electron chi connectivity index (χ1n) is 6.99. The van der Waals surface area contributed by atoms with Gasteiger partial charge in [-0.15, -0.1) is 0 Å². The number of para-hydroxylation sites is 1. The van der Waals surface area contributed by atoms with Crippen LogP contribution in [-0.4, -0.2) is 16.3 Å². The van der Waals surface area contributed by atoms with Crippen LogP contribution in [0.4, 0.5) is 5.69 Å². The lowest BCUT2D eigenvalue weighted by Crippen LogP contribution is -2.14. The highest BCUT2D eigenvalue weighted by molar-refractivity contribution is 8.15. The highest BCUT2D eigenvalue weighted by atomic mass is 35.5. The number of carbonyl (C=O) groups excluding carboxylic acids is 1. The van der Waals surface area contributed by atoms with E-state index in [1.165, 1.54) is 11.8 Å². The number of thioether (sulfide) groups is 1. The Morgan fingerprint density at radius 1 is 1.18 bits per heavy atom. The van der Waals surface area contributed by atoms with E-state index in [2.05, 4.69) is 10.3 Å². The van der Waals surface area contributed by atoms with Crippen molar-refractivity contribution in [1.29, 1.82) is 0 Å². The predicted octanol–water partition coefficient (Wildman–Crippen LogP) is 4.30. The van der Waals surface area contributed by atoms with Gasteiger partial charge in [-0.2, -0.15) is 4.99 Å². The Balaban J connectivity index is 1.68. The molecule has 2 aromatic carbocycles. The van der Waals surface area contributed by atoms with Crippen molar-refractivity contribution in [2.24, 2.45) is 4.99 Å². The number of amides is 1. The number of anilines is 1. The number of nitrogens with one attached hydrogen (secondary N) is 1. The Hall–Kier alpha value is -1.78. The third kappa shape index (κ3) is 3.34. The molecule has 0 spiro atoms. The van der Waals surface area contributed by atoms with Crippen molar-refractivity contribution in [2.75, 3.05) is 5.32 Å². The summed E-state index contributed by atoms with van der Waals surface area (Å²) in [6.07, 6.45) is 0.591. The van der Waals surface area contributed by atoms with Gasteiger partial charge in [0, 0.05) is 10.7 Å². The summed E-state index contributed by atoms with van der Waals surface area (Å²) < 4.78 is 0. The van der Waals surface area contributed by atoms with Crippen LogP contribution in [0.3, 0.4) is 0 Å². The van der Waals surface area contributed by atoms with Crippen LogP contribution < -0.4 is 5.32 Å². The standard InChI is InChI=1S/C17H15ClN2OS/c1-11-6-5-7-12(15(11)18)10-14-16(21)20-17(22-14)19-13-8-3-2-4-9-13/h2-9,14H,10H2,1H3,(H,19,20,21). The van der Waals surface area contributed by atoms with Crippen LogP contribution in [0.5, 0.6) is 0 Å². The van der Waals surface area contributed by atoms with E-state index in [0.29, 0.717) is 11.6 Å². The number of aliphatic imine (C=N–C) groups is 1. The van der Waals surface area contributed by atoms with Crippen LogP contribution >= 0.6 is 23.4 Å². The van der Waals surface area contributed by atoms with E-state index in [-0.39, 0.29) is 11.2 Å². The average Bonchev–Trinajstić information content (AvgIpc) is 2.85. The second-order valence-corrected chi connectivity index (χ2v) is 6.67. The van der Waals surface area contributed by atoms with Crippen LogP contribution in [0.15, 0.2) is 53.5 Å². The summed E-state index contributed by atoms with van der Waals surface area (Å²) in [5.74, 6) is -0.110. The lowest BCUT2D eigenvalue weighted by Gasteiger charge is -2.10. The van der Waals surface area contributed by atoms with Gasteiger partial charge in [0.25, 0.3) is 5.91 Å². The molecule has 3 rings (SSSR count). The van der Waals surface area contributed by atoms with E-state index in [1.807, 2.05) is 55.5 Å². The van der Waals surface area contributed by atoms with E-state index in [1.54, 1.807) is 0 Å². The number of carbonyl (C=O) groups is 1. The lowest BCUT2D eigenvalue weighted by atomic mass is 10.1. The van der Waals surface area contributed by atoms with Gasteiger partial charge in [0.2, 0.25) is 0 Å². The summed E-state index contributed by atoms with van der Waals surface area (Å²) in [6.45, 7) is 1.97. The van der Waals surface area contributed by atoms with Gasteiger partial charge in [-0.3, -0.25) is 4.79 Å². The van der Waals surface area contributed by atoms with Gasteiger partial charge in [-0.1, -0.05) is 59.8 Å². The van der Waals surface area contributed by atoms with Crippen molar-refractivity contribution >= 4 is 40.1 Å². The SMILES string of the molecule is Cc1cccc(CC2SC(Nc3ccccc3)=NC2=O)c1Cl. The first kappa shape index (κ1) is 15.1. The minimum absolute atomic E-state index is 0.110. The van der Waals surface area contributed by atoms with Crippen molar-refractivity contribution in [2.45, 2.75) is 18.6 Å². The number of aryl methyl sites for hydroxylation is 1. The summed E-state index contributed by atoms with van der Waals surface area (Å²) in [7, 11) is 0. The smallest absolute Gasteiger partial charge is 0.262 e. The minimum atomic E-state index is -0.217. The second kappa shape index (κ2) is 6.55. The average molecular weight is 331 g/mol. The van der Waals surface area contributed by atoms with E-state index in [0.717, 1.165) is 21.8 Å². The monoisotopic (exact) mass is 330 g/mol. The Bertz CT molecular complexity index is 731. The van der Waals surface area contributed by atoms with Gasteiger partial charge < -0.3 is 5.32 Å². The molecular weight excluding hydrogens is 316 g/mol. The van der Waals surface area contributed by atoms with Crippen molar-refractivity contribution in [3.8, 4) is 0 Å². The zero-order chi connectivity index (χ0) is 15.5. The number of rotatable bonds is 3. The zero-order valence-electron chi connectivity index (χ0n) is 12.0. The topological polar surface area (TPSA) is 41.5 Å². The van der Waals surface area contributed by atoms with E-state index in [9.17, 15) is 4.79 Å². The van der Waals surface area contributed by atoms with Crippen molar-refractivity contribution in [1.82, 2.24) is 0 Å². The highest BCUT2D eigenvalue weighted by Crippen LogP contribution is 2.30. The number of hydrogen-bond donors (Lipinski definition) is 1. The van der Waals surface area contributed by atoms with Crippen LogP contribution in [0.25, 0.3) is 0 Å². The molecule has 112 valence electrons. The predicted molar refractivity (Wildman–Crippen MR) is 93.8 cm³/mol. The molecule has 0 fully saturated rings. The van der Waals surface area contributed by atoms with E-state index >= 15 is 0 Å². The van der Waals surface area contributed by atoms with Gasteiger partial charge in [0.05, 0.1) is 5.25 Å². The minimum Gasteiger partial charge on any atom is -0.335 e. The molecule has 0 aliphatic carbocycles. The molecule has 2 aromatic rings. The molecule has 5 heteroatoms. The normalized spacial score (nSPS) is 17.5. The Kier molecular flexibility index (Phi) is 4.50. The lowest BCUT2D eigenvalue weighted by molar-refractivity contribution is -0.117. The Morgan fingerprint density at radius 2 is 1.95 bits per heavy atom. The number of nitrogens with zero attached hydrogens (tertiary/aromatic N) is 1. The molecule has 3 nitrogen and oxygen atoms in total. The maximum absolute atomic E-state index is 12.1. The summed E-state index contributed by atoms with van der Waals surface area (Å²) >= 11 is 7.77. The van der Waals surface area contributed by atoms with Gasteiger partial charge in [-0.05, 0) is 36.6 Å². The molecule has 1 aliphatic heterocycles. The molecule has 0 saturated carbocycles. The van der Waals surface area contributed by atoms with E-state index in [4.69, 9.17) is 11.6 Å². The number of halogens is 1. The number of hydrogen-bond acceptors (Lipinski definition) is 3. The second-order valence-electron chi connectivity index (χ2n) is 5.10. The Labute approximate surface area is 138 Å². The van der Waals surface area contributed by atoms with Crippen molar-refractivity contribution in [3.63, 3.8) is 0 Å². The molecule has 0 bridgehead atoms. The molecule has 1 unspecified atom stereocenters. The summed E-state index contributed by atoms with van der Waals surface area (Å²) in [6, 6.07) is 15.6. The van der Waals surface area contributed by atoms with Gasteiger partial charge in [-0.25, -0.2) is 0 Å². The molecule has 1 heterocycles. The first-order chi connectivity index (χ1) is 10.6. The zero-order valence-corrected chi connectivity index (χ0v) is 13.6. The van der Waals surface area contributed by atoms with Gasteiger partial charge in [0.1, 0.15) is 0 Å². The summed E-state index contributed by atoms with van der Waals surface area (Å²) in [5, 5.41) is 4.33. The van der Waals surface area contributed by atoms with Crippen molar-refractivity contribution < 1.29 is 4.79 Å². The number of amidine groups is 1. The summed E-state index contributed by atoms with van der Waals surface area (Å²) in [4.78, 5) is 16.2. The quantitative estimate of drug-likeness (QED) is 0.912. The molecule has 1 N–H and O–H groups in total. The summed E-state index contributed by atoms with van der Waals surface area (Å²) in [5.41, 5.74) is 2.94. The van der Waals surface area contributed by atoms with Crippen LogP contribution in [-0.2, 0) is 11.2 Å². The van der Waals surface area contributed by atoms with Crippen LogP contribution in [0, 0.1) is 6.92 Å². The van der Waals surface area contributed by atoms with Crippen LogP contribution in [0.2, 0.25) is 5.02 Å². The highest BCUT2D eigenvalue weighted by Gasteiger charge is 2.29. The molecule has 1 atom stereocenters. The maximum Gasteiger partial charge on any atom is 0.262 e. The molecule has 1 amide bonds. The molecule has 0 aromatic heterocycles. The fourth-order valence-electron chi connectivity index (χ4n) is 2.28. The molecule has 1 aliphatic rings. The fraction of sp³-hybridized carbons (Fsp3) is 0.176. The van der Waals surface area contributed by atoms with Gasteiger partial charge >= 0.3 is 0 Å². The van der Waals surface area contributed by atoms with Crippen LogP contribution in [0.1, 0.15) is 11.1 Å². The third-order valence-corrected chi connectivity index (χ3v) is 5.05. The first-order valence-corrected chi connectivity index (χ1v) is 8.24. The number of benzene rings is 2. The Morgan fingerprint density at radius 3 is 2.73 bits per heavy atom. The fourth-order valence-corrected chi connectivity index (χ4v) is 3.49. The van der Waals surface area contributed by atoms with Crippen molar-refractivity contribution in [3.05, 3.63) is 64.7 Å². The van der Waals surface area contributed by atoms with Gasteiger partial charge in [0.15, 0.2) is 5.17 Å². The molecule has 0 radical (unpaired) electrons.